The molecule has 2 aromatic carbocycles. The van der Waals surface area contributed by atoms with E-state index in [1.165, 1.54) is 38.5 Å². The lowest BCUT2D eigenvalue weighted by Gasteiger charge is -2.25. The molecule has 184 valence electrons. The first-order valence-electron chi connectivity index (χ1n) is 12.6. The van der Waals surface area contributed by atoms with Crippen molar-refractivity contribution >= 4 is 12.4 Å². The van der Waals surface area contributed by atoms with Crippen LogP contribution in [0.25, 0.3) is 0 Å². The Morgan fingerprint density at radius 3 is 1.29 bits per heavy atom. The third kappa shape index (κ3) is 8.26. The summed E-state index contributed by atoms with van der Waals surface area (Å²) in [6.45, 7) is 0. The van der Waals surface area contributed by atoms with Gasteiger partial charge < -0.3 is 20.9 Å². The molecule has 2 aliphatic carbocycles. The van der Waals surface area contributed by atoms with Crippen LogP contribution in [-0.2, 0) is 0 Å². The lowest BCUT2D eigenvalue weighted by atomic mass is 9.91. The van der Waals surface area contributed by atoms with Gasteiger partial charge in [0.15, 0.2) is 0 Å². The number of benzene rings is 2. The SMILES string of the molecule is COc1ccc(C=N[C@@H]2CCCC[C@H]2N=Cc2ccc(OC)cc2)cc1.[NH3+][C@@H]1CCCC[C@H]1[NH3+]. The molecule has 0 aliphatic heterocycles. The van der Waals surface area contributed by atoms with Crippen LogP contribution in [0.1, 0.15) is 62.5 Å². The summed E-state index contributed by atoms with van der Waals surface area (Å²) in [6, 6.07) is 17.7. The molecule has 6 nitrogen and oxygen atoms in total. The summed E-state index contributed by atoms with van der Waals surface area (Å²) in [4.78, 5) is 9.66. The van der Waals surface area contributed by atoms with Gasteiger partial charge in [-0.3, -0.25) is 9.98 Å². The Morgan fingerprint density at radius 1 is 0.618 bits per heavy atom. The van der Waals surface area contributed by atoms with Crippen LogP contribution in [0, 0.1) is 0 Å². The maximum atomic E-state index is 5.20. The molecule has 2 saturated carbocycles. The van der Waals surface area contributed by atoms with Gasteiger partial charge >= 0.3 is 0 Å². The number of hydrogen-bond donors (Lipinski definition) is 2. The molecule has 0 saturated heterocycles. The summed E-state index contributed by atoms with van der Waals surface area (Å²) in [5.74, 6) is 1.73. The quantitative estimate of drug-likeness (QED) is 0.638. The smallest absolute Gasteiger partial charge is 0.137 e. The molecule has 4 atom stereocenters. The van der Waals surface area contributed by atoms with Crippen molar-refractivity contribution < 1.29 is 20.9 Å². The summed E-state index contributed by atoms with van der Waals surface area (Å²) in [5.41, 5.74) is 10.2. The summed E-state index contributed by atoms with van der Waals surface area (Å²) < 4.78 is 10.4. The molecule has 0 heterocycles. The van der Waals surface area contributed by atoms with E-state index in [-0.39, 0.29) is 12.1 Å². The Hall–Kier alpha value is -2.70. The number of quaternary nitrogens is 2. The predicted molar refractivity (Wildman–Crippen MR) is 139 cm³/mol. The highest BCUT2D eigenvalue weighted by molar-refractivity contribution is 5.81. The van der Waals surface area contributed by atoms with Crippen LogP contribution in [0.15, 0.2) is 58.5 Å². The Labute approximate surface area is 204 Å². The lowest BCUT2D eigenvalue weighted by molar-refractivity contribution is -0.534. The van der Waals surface area contributed by atoms with Crippen molar-refractivity contribution in [2.75, 3.05) is 14.2 Å². The number of aliphatic imine (C=N–C) groups is 2. The summed E-state index contributed by atoms with van der Waals surface area (Å²) in [7, 11) is 3.35. The molecule has 0 amide bonds. The van der Waals surface area contributed by atoms with Crippen LogP contribution >= 0.6 is 0 Å². The predicted octanol–water partition coefficient (Wildman–Crippen LogP) is 3.33. The van der Waals surface area contributed by atoms with Crippen molar-refractivity contribution in [2.24, 2.45) is 9.98 Å². The minimum Gasteiger partial charge on any atom is -0.497 e. The number of rotatable bonds is 6. The second-order valence-electron chi connectivity index (χ2n) is 9.33. The van der Waals surface area contributed by atoms with Gasteiger partial charge in [-0.05, 0) is 85.3 Å². The van der Waals surface area contributed by atoms with E-state index in [1.54, 1.807) is 14.2 Å². The van der Waals surface area contributed by atoms with E-state index in [4.69, 9.17) is 19.5 Å². The third-order valence-corrected chi connectivity index (χ3v) is 6.82. The average molecular weight is 467 g/mol. The lowest BCUT2D eigenvalue weighted by Crippen LogP contribution is -2.80. The van der Waals surface area contributed by atoms with Crippen molar-refractivity contribution in [1.82, 2.24) is 0 Å². The van der Waals surface area contributed by atoms with Gasteiger partial charge in [0.25, 0.3) is 0 Å². The van der Waals surface area contributed by atoms with Gasteiger partial charge in [0.1, 0.15) is 23.6 Å². The zero-order chi connectivity index (χ0) is 24.2. The monoisotopic (exact) mass is 466 g/mol. The fraction of sp³-hybridized carbons (Fsp3) is 0.500. The third-order valence-electron chi connectivity index (χ3n) is 6.82. The first-order valence-corrected chi connectivity index (χ1v) is 12.6. The molecule has 6 heteroatoms. The molecule has 0 spiro atoms. The summed E-state index contributed by atoms with van der Waals surface area (Å²) in [5, 5.41) is 0. The Balaban J connectivity index is 0.000000343. The summed E-state index contributed by atoms with van der Waals surface area (Å²) in [6.07, 6.45) is 13.9. The van der Waals surface area contributed by atoms with E-state index < -0.39 is 0 Å². The molecule has 4 rings (SSSR count). The molecule has 2 aromatic rings. The normalized spacial score (nSPS) is 25.1. The molecule has 0 aromatic heterocycles. The van der Waals surface area contributed by atoms with Crippen LogP contribution in [0.4, 0.5) is 0 Å². The van der Waals surface area contributed by atoms with E-state index >= 15 is 0 Å². The first kappa shape index (κ1) is 25.9. The van der Waals surface area contributed by atoms with Gasteiger partial charge in [0.05, 0.1) is 26.3 Å². The van der Waals surface area contributed by atoms with Gasteiger partial charge in [-0.2, -0.15) is 0 Å². The Kier molecular flexibility index (Phi) is 10.6. The van der Waals surface area contributed by atoms with Crippen LogP contribution in [0.5, 0.6) is 11.5 Å². The van der Waals surface area contributed by atoms with E-state index in [1.807, 2.05) is 61.0 Å². The van der Waals surface area contributed by atoms with Crippen molar-refractivity contribution in [3.05, 3.63) is 59.7 Å². The highest BCUT2D eigenvalue weighted by atomic mass is 16.5. The molecule has 0 unspecified atom stereocenters. The number of nitrogens with zero attached hydrogens (tertiary/aromatic N) is 2. The number of hydrogen-bond acceptors (Lipinski definition) is 4. The molecule has 0 radical (unpaired) electrons. The van der Waals surface area contributed by atoms with Crippen LogP contribution in [-0.4, -0.2) is 50.8 Å². The van der Waals surface area contributed by atoms with E-state index in [9.17, 15) is 0 Å². The highest BCUT2D eigenvalue weighted by Gasteiger charge is 2.24. The topological polar surface area (TPSA) is 98.5 Å². The van der Waals surface area contributed by atoms with Crippen LogP contribution in [0.2, 0.25) is 0 Å². The second kappa shape index (κ2) is 13.9. The minimum atomic E-state index is 0.250. The van der Waals surface area contributed by atoms with Gasteiger partial charge in [-0.25, -0.2) is 0 Å². The highest BCUT2D eigenvalue weighted by Crippen LogP contribution is 2.24. The van der Waals surface area contributed by atoms with Gasteiger partial charge in [-0.1, -0.05) is 12.8 Å². The van der Waals surface area contributed by atoms with Gasteiger partial charge in [0, 0.05) is 25.3 Å². The first-order chi connectivity index (χ1) is 16.6. The molecule has 2 aliphatic rings. The minimum absolute atomic E-state index is 0.250. The molecule has 6 N–H and O–H groups in total. The van der Waals surface area contributed by atoms with Crippen molar-refractivity contribution in [3.63, 3.8) is 0 Å². The van der Waals surface area contributed by atoms with Crippen LogP contribution < -0.4 is 20.9 Å². The number of ether oxygens (including phenoxy) is 2. The van der Waals surface area contributed by atoms with E-state index in [2.05, 4.69) is 11.5 Å². The summed E-state index contributed by atoms with van der Waals surface area (Å²) >= 11 is 0. The second-order valence-corrected chi connectivity index (χ2v) is 9.33. The maximum absolute atomic E-state index is 5.20. The zero-order valence-electron chi connectivity index (χ0n) is 20.9. The van der Waals surface area contributed by atoms with E-state index in [0.717, 1.165) is 35.5 Å². The fourth-order valence-electron chi connectivity index (χ4n) is 4.47. The molecular formula is C28H42N4O2+2. The standard InChI is InChI=1S/C22H26N2O2.C6H14N2/c1-25-19-11-7-17(8-12-19)15-23-21-5-3-4-6-22(21)24-16-18-9-13-20(26-2)14-10-18;7-5-3-1-2-4-6(5)8/h7-16,21-22H,3-6H2,1-2H3;5-6H,1-4,7-8H2/p+2/t21-,22-;5-,6-/m11/s1. The average Bonchev–Trinajstić information content (AvgIpc) is 2.89. The largest absolute Gasteiger partial charge is 0.497 e. The van der Waals surface area contributed by atoms with Gasteiger partial charge in [-0.15, -0.1) is 0 Å². The molecule has 34 heavy (non-hydrogen) atoms. The van der Waals surface area contributed by atoms with Crippen molar-refractivity contribution in [1.29, 1.82) is 0 Å². The molecule has 0 bridgehead atoms. The van der Waals surface area contributed by atoms with E-state index in [0.29, 0.717) is 12.1 Å². The van der Waals surface area contributed by atoms with Crippen molar-refractivity contribution in [2.45, 2.75) is 75.5 Å². The zero-order valence-corrected chi connectivity index (χ0v) is 20.9. The van der Waals surface area contributed by atoms with Crippen molar-refractivity contribution in [3.8, 4) is 11.5 Å². The van der Waals surface area contributed by atoms with Gasteiger partial charge in [0.2, 0.25) is 0 Å². The van der Waals surface area contributed by atoms with Crippen LogP contribution in [0.3, 0.4) is 0 Å². The molecular weight excluding hydrogens is 424 g/mol. The molecule has 2 fully saturated rings. The maximum Gasteiger partial charge on any atom is 0.137 e. The Bertz CT molecular complexity index is 820. The Morgan fingerprint density at radius 2 is 0.971 bits per heavy atom. The fourth-order valence-corrected chi connectivity index (χ4v) is 4.47. The number of methoxy groups -OCH3 is 2.